The molecule has 0 spiro atoms. The standard InChI is InChI=1S/C20H29FN2O5S2/c1-12(2)15-10-23(20(3,4)5)14-8-17(29-7)16(28-11-13(21)19(24)25)9-18(14)30(26,27)22(15)6/h8-9,11-12,15H,10H2,1-7H3,(H,24,25)/b13-11-/t15-/m0/s1. The van der Waals surface area contributed by atoms with E-state index < -0.39 is 21.8 Å². The fourth-order valence-electron chi connectivity index (χ4n) is 3.37. The molecule has 0 unspecified atom stereocenters. The highest BCUT2D eigenvalue weighted by Gasteiger charge is 2.41. The fourth-order valence-corrected chi connectivity index (χ4v) is 5.57. The molecule has 30 heavy (non-hydrogen) atoms. The van der Waals surface area contributed by atoms with Crippen molar-refractivity contribution in [2.45, 2.75) is 56.0 Å². The van der Waals surface area contributed by atoms with Gasteiger partial charge in [0.15, 0.2) is 0 Å². The second-order valence-corrected chi connectivity index (χ2v) is 11.3. The maximum atomic E-state index is 13.5. The van der Waals surface area contributed by atoms with E-state index in [9.17, 15) is 17.6 Å². The Hall–Kier alpha value is -1.78. The lowest BCUT2D eigenvalue weighted by Gasteiger charge is -2.40. The van der Waals surface area contributed by atoms with Gasteiger partial charge in [0.2, 0.25) is 15.9 Å². The minimum absolute atomic E-state index is 0.0417. The lowest BCUT2D eigenvalue weighted by Crippen LogP contribution is -2.50. The molecular weight excluding hydrogens is 431 g/mol. The number of fused-ring (bicyclic) bond motifs is 1. The van der Waals surface area contributed by atoms with E-state index in [4.69, 9.17) is 9.84 Å². The van der Waals surface area contributed by atoms with Crippen LogP contribution >= 0.6 is 11.8 Å². The molecule has 0 saturated carbocycles. The van der Waals surface area contributed by atoms with Crippen molar-refractivity contribution in [1.29, 1.82) is 0 Å². The molecule has 0 amide bonds. The van der Waals surface area contributed by atoms with Gasteiger partial charge in [-0.3, -0.25) is 0 Å². The van der Waals surface area contributed by atoms with Crippen molar-refractivity contribution in [2.24, 2.45) is 5.92 Å². The smallest absolute Gasteiger partial charge is 0.368 e. The third-order valence-electron chi connectivity index (χ3n) is 5.10. The van der Waals surface area contributed by atoms with Crippen LogP contribution in [0, 0.1) is 5.92 Å². The number of likely N-dealkylation sites (N-methyl/N-ethyl adjacent to an activating group) is 1. The number of rotatable bonds is 5. The summed E-state index contributed by atoms with van der Waals surface area (Å²) in [5.74, 6) is -3.09. The first-order valence-electron chi connectivity index (χ1n) is 9.45. The van der Waals surface area contributed by atoms with Crippen molar-refractivity contribution in [2.75, 3.05) is 24.7 Å². The number of sulfonamides is 1. The summed E-state index contributed by atoms with van der Waals surface area (Å²) in [6.07, 6.45) is 2.25. The number of carboxylic acids is 1. The van der Waals surface area contributed by atoms with Crippen molar-refractivity contribution >= 4 is 33.4 Å². The van der Waals surface area contributed by atoms with Crippen LogP contribution in [0.1, 0.15) is 34.6 Å². The van der Waals surface area contributed by atoms with Gasteiger partial charge in [-0.15, -0.1) is 11.8 Å². The lowest BCUT2D eigenvalue weighted by atomic mass is 9.98. The number of aliphatic carboxylic acids is 1. The molecule has 0 radical (unpaired) electrons. The van der Waals surface area contributed by atoms with Gasteiger partial charge in [-0.05, 0) is 39.0 Å². The molecule has 1 N–H and O–H groups in total. The molecule has 0 aliphatic carbocycles. The largest absolute Gasteiger partial charge is 0.476 e. The second-order valence-electron chi connectivity index (χ2n) is 8.47. The minimum atomic E-state index is -3.88. The highest BCUT2D eigenvalue weighted by Crippen LogP contribution is 2.43. The van der Waals surface area contributed by atoms with Crippen LogP contribution in [0.5, 0.6) is 5.75 Å². The summed E-state index contributed by atoms with van der Waals surface area (Å²) in [6, 6.07) is 2.80. The highest BCUT2D eigenvalue weighted by molar-refractivity contribution is 7.98. The fraction of sp³-hybridized carbons (Fsp3) is 0.550. The maximum Gasteiger partial charge on any atom is 0.368 e. The molecule has 0 saturated heterocycles. The number of hydrogen-bond donors (Lipinski definition) is 1. The Kier molecular flexibility index (Phi) is 7.15. The summed E-state index contributed by atoms with van der Waals surface area (Å²) in [4.78, 5) is 13.4. The van der Waals surface area contributed by atoms with E-state index in [-0.39, 0.29) is 28.1 Å². The lowest BCUT2D eigenvalue weighted by molar-refractivity contribution is -0.134. The second kappa shape index (κ2) is 8.76. The van der Waals surface area contributed by atoms with Gasteiger partial charge in [0.1, 0.15) is 16.9 Å². The van der Waals surface area contributed by atoms with E-state index in [0.29, 0.717) is 23.4 Å². The first-order chi connectivity index (χ1) is 13.7. The van der Waals surface area contributed by atoms with Crippen LogP contribution in [-0.2, 0) is 14.8 Å². The van der Waals surface area contributed by atoms with Crippen molar-refractivity contribution in [3.63, 3.8) is 0 Å². The Morgan fingerprint density at radius 3 is 2.43 bits per heavy atom. The van der Waals surface area contributed by atoms with Gasteiger partial charge in [-0.2, -0.15) is 8.70 Å². The van der Waals surface area contributed by atoms with E-state index in [1.54, 1.807) is 19.4 Å². The molecule has 168 valence electrons. The van der Waals surface area contributed by atoms with Crippen LogP contribution in [0.3, 0.4) is 0 Å². The van der Waals surface area contributed by atoms with Crippen LogP contribution in [0.2, 0.25) is 0 Å². The number of halogens is 1. The maximum absolute atomic E-state index is 13.5. The topological polar surface area (TPSA) is 87.1 Å². The number of nitrogens with zero attached hydrogens (tertiary/aromatic N) is 2. The molecule has 7 nitrogen and oxygen atoms in total. The minimum Gasteiger partial charge on any atom is -0.476 e. The molecule has 0 aromatic heterocycles. The Morgan fingerprint density at radius 2 is 1.97 bits per heavy atom. The number of benzene rings is 1. The third-order valence-corrected chi connectivity index (χ3v) is 7.77. The SMILES string of the molecule is CSc1cc2c(cc1O/C=C(\F)C(=O)O)S(=O)(=O)N(C)[C@H](C(C)C)CN2C(C)(C)C. The first kappa shape index (κ1) is 24.5. The van der Waals surface area contributed by atoms with Crippen molar-refractivity contribution in [3.05, 3.63) is 24.2 Å². The van der Waals surface area contributed by atoms with E-state index in [0.717, 1.165) is 0 Å². The van der Waals surface area contributed by atoms with Gasteiger partial charge in [0.25, 0.3) is 0 Å². The molecule has 2 rings (SSSR count). The van der Waals surface area contributed by atoms with Gasteiger partial charge in [0.05, 0.1) is 10.6 Å². The highest BCUT2D eigenvalue weighted by atomic mass is 32.2. The zero-order valence-electron chi connectivity index (χ0n) is 18.3. The van der Waals surface area contributed by atoms with Crippen molar-refractivity contribution in [1.82, 2.24) is 4.31 Å². The summed E-state index contributed by atoms with van der Waals surface area (Å²) in [5.41, 5.74) is 0.174. The first-order valence-corrected chi connectivity index (χ1v) is 12.1. The predicted octanol–water partition coefficient (Wildman–Crippen LogP) is 3.95. The molecular formula is C20H29FN2O5S2. The summed E-state index contributed by atoms with van der Waals surface area (Å²) < 4.78 is 47.0. The van der Waals surface area contributed by atoms with Gasteiger partial charge >= 0.3 is 5.97 Å². The van der Waals surface area contributed by atoms with E-state index in [2.05, 4.69) is 4.90 Å². The Bertz CT molecular complexity index is 955. The quantitative estimate of drug-likeness (QED) is 0.404. The monoisotopic (exact) mass is 460 g/mol. The van der Waals surface area contributed by atoms with E-state index in [1.165, 1.54) is 22.1 Å². The van der Waals surface area contributed by atoms with Gasteiger partial charge in [0, 0.05) is 31.2 Å². The normalized spacial score (nSPS) is 20.1. The Morgan fingerprint density at radius 1 is 1.37 bits per heavy atom. The molecule has 1 aliphatic rings. The number of carbonyl (C=O) groups is 1. The molecule has 0 bridgehead atoms. The van der Waals surface area contributed by atoms with Gasteiger partial charge < -0.3 is 14.7 Å². The predicted molar refractivity (Wildman–Crippen MR) is 116 cm³/mol. The van der Waals surface area contributed by atoms with Crippen LogP contribution < -0.4 is 9.64 Å². The zero-order valence-corrected chi connectivity index (χ0v) is 19.9. The summed E-state index contributed by atoms with van der Waals surface area (Å²) >= 11 is 1.30. The van der Waals surface area contributed by atoms with Gasteiger partial charge in [-0.1, -0.05) is 13.8 Å². The summed E-state index contributed by atoms with van der Waals surface area (Å²) in [6.45, 7) is 10.5. The third kappa shape index (κ3) is 4.76. The average molecular weight is 461 g/mol. The molecule has 0 fully saturated rings. The Balaban J connectivity index is 2.77. The molecule has 1 aliphatic heterocycles. The molecule has 1 aromatic carbocycles. The van der Waals surface area contributed by atoms with Crippen LogP contribution in [0.25, 0.3) is 0 Å². The average Bonchev–Trinajstić information content (AvgIpc) is 2.72. The van der Waals surface area contributed by atoms with Crippen LogP contribution in [0.15, 0.2) is 34.0 Å². The van der Waals surface area contributed by atoms with E-state index >= 15 is 0 Å². The zero-order chi connectivity index (χ0) is 23.0. The number of thioether (sulfide) groups is 1. The number of anilines is 1. The molecule has 1 atom stereocenters. The van der Waals surface area contributed by atoms with E-state index in [1.807, 2.05) is 34.6 Å². The number of hydrogen-bond acceptors (Lipinski definition) is 6. The van der Waals surface area contributed by atoms with Crippen molar-refractivity contribution in [3.8, 4) is 5.75 Å². The Labute approximate surface area is 181 Å². The van der Waals surface area contributed by atoms with Crippen LogP contribution in [0.4, 0.5) is 10.1 Å². The molecule has 10 heteroatoms. The molecule has 1 aromatic rings. The number of carboxylic acid groups (broad SMARTS) is 1. The van der Waals surface area contributed by atoms with Crippen LogP contribution in [-0.4, -0.2) is 55.2 Å². The number of ether oxygens (including phenoxy) is 1. The van der Waals surface area contributed by atoms with Crippen molar-refractivity contribution < 1.29 is 27.4 Å². The summed E-state index contributed by atoms with van der Waals surface area (Å²) in [5, 5.41) is 8.70. The summed E-state index contributed by atoms with van der Waals surface area (Å²) in [7, 11) is -2.32. The molecule has 1 heterocycles. The van der Waals surface area contributed by atoms with Gasteiger partial charge in [-0.25, -0.2) is 13.2 Å².